The van der Waals surface area contributed by atoms with Crippen LogP contribution in [-0.2, 0) is 6.61 Å². The Morgan fingerprint density at radius 3 is 2.61 bits per heavy atom. The van der Waals surface area contributed by atoms with E-state index < -0.39 is 6.43 Å². The number of rotatable bonds is 6. The molecule has 9 heteroatoms. The molecule has 2 aromatic heterocycles. The summed E-state index contributed by atoms with van der Waals surface area (Å²) in [7, 11) is 0. The van der Waals surface area contributed by atoms with E-state index in [-0.39, 0.29) is 18.2 Å². The van der Waals surface area contributed by atoms with Crippen molar-refractivity contribution < 1.29 is 13.5 Å². The van der Waals surface area contributed by atoms with Gasteiger partial charge >= 0.3 is 0 Å². The first-order chi connectivity index (χ1) is 13.6. The molecule has 0 amide bonds. The predicted molar refractivity (Wildman–Crippen MR) is 97.4 cm³/mol. The number of alkyl halides is 2. The molecule has 0 bridgehead atoms. The van der Waals surface area contributed by atoms with Crippen molar-refractivity contribution in [3.8, 4) is 11.6 Å². The van der Waals surface area contributed by atoms with Gasteiger partial charge in [-0.1, -0.05) is 17.3 Å². The fraction of sp³-hybridized carbons (Fsp3) is 0.368. The second kappa shape index (κ2) is 7.97. The van der Waals surface area contributed by atoms with Crippen molar-refractivity contribution in [2.75, 3.05) is 6.54 Å². The number of nitrogens with one attached hydrogen (secondary N) is 1. The monoisotopic (exact) mass is 386 g/mol. The maximum atomic E-state index is 12.7. The van der Waals surface area contributed by atoms with Crippen LogP contribution in [0.3, 0.4) is 0 Å². The van der Waals surface area contributed by atoms with Crippen LogP contribution in [-0.4, -0.2) is 31.7 Å². The average molecular weight is 386 g/mol. The number of hydrogen-bond acceptors (Lipinski definition) is 6. The van der Waals surface area contributed by atoms with Gasteiger partial charge in [0.15, 0.2) is 0 Å². The molecule has 0 unspecified atom stereocenters. The standard InChI is InChI=1S/C19H20F2N6O/c1-12-17(27(26-23-12)14-6-4-13(5-7-14)19(20)21)11-28-18-9-8-16(24-25-18)15-3-2-10-22-15/h4-9,15,19,22H,2-3,10-11H2,1H3/t15-/m0/s1. The van der Waals surface area contributed by atoms with Crippen molar-refractivity contribution in [1.82, 2.24) is 30.5 Å². The molecule has 1 aliphatic heterocycles. The molecule has 28 heavy (non-hydrogen) atoms. The van der Waals surface area contributed by atoms with Crippen LogP contribution in [0.4, 0.5) is 8.78 Å². The Morgan fingerprint density at radius 2 is 1.96 bits per heavy atom. The number of aryl methyl sites for hydroxylation is 1. The normalized spacial score (nSPS) is 16.6. The number of ether oxygens (including phenoxy) is 1. The second-order valence-corrected chi connectivity index (χ2v) is 6.66. The molecule has 146 valence electrons. The highest BCUT2D eigenvalue weighted by Crippen LogP contribution is 2.23. The van der Waals surface area contributed by atoms with E-state index in [0.717, 1.165) is 25.1 Å². The Labute approximate surface area is 160 Å². The van der Waals surface area contributed by atoms with Gasteiger partial charge in [-0.2, -0.15) is 5.10 Å². The van der Waals surface area contributed by atoms with Crippen LogP contribution in [0.15, 0.2) is 36.4 Å². The first kappa shape index (κ1) is 18.4. The van der Waals surface area contributed by atoms with Crippen molar-refractivity contribution in [2.24, 2.45) is 0 Å². The van der Waals surface area contributed by atoms with Gasteiger partial charge in [-0.15, -0.1) is 10.2 Å². The van der Waals surface area contributed by atoms with Crippen molar-refractivity contribution in [3.63, 3.8) is 0 Å². The third-order valence-electron chi connectivity index (χ3n) is 4.78. The summed E-state index contributed by atoms with van der Waals surface area (Å²) in [4.78, 5) is 0. The van der Waals surface area contributed by atoms with E-state index in [2.05, 4.69) is 25.8 Å². The second-order valence-electron chi connectivity index (χ2n) is 6.66. The quantitative estimate of drug-likeness (QED) is 0.700. The molecule has 3 heterocycles. The van der Waals surface area contributed by atoms with Gasteiger partial charge in [0.2, 0.25) is 5.88 Å². The van der Waals surface area contributed by atoms with E-state index in [1.807, 2.05) is 13.0 Å². The highest BCUT2D eigenvalue weighted by atomic mass is 19.3. The van der Waals surface area contributed by atoms with E-state index in [0.29, 0.717) is 23.0 Å². The predicted octanol–water partition coefficient (Wildman–Crippen LogP) is 3.31. The van der Waals surface area contributed by atoms with Crippen molar-refractivity contribution in [3.05, 3.63) is 59.0 Å². The number of nitrogens with zero attached hydrogens (tertiary/aromatic N) is 5. The molecule has 7 nitrogen and oxygen atoms in total. The van der Waals surface area contributed by atoms with Gasteiger partial charge in [0.25, 0.3) is 6.43 Å². The highest BCUT2D eigenvalue weighted by Gasteiger charge is 2.18. The van der Waals surface area contributed by atoms with Gasteiger partial charge in [0.1, 0.15) is 12.3 Å². The van der Waals surface area contributed by atoms with Gasteiger partial charge in [-0.25, -0.2) is 13.5 Å². The number of aromatic nitrogens is 5. The topological polar surface area (TPSA) is 77.8 Å². The summed E-state index contributed by atoms with van der Waals surface area (Å²) in [5, 5.41) is 19.9. The minimum atomic E-state index is -2.50. The molecule has 1 saturated heterocycles. The fourth-order valence-corrected chi connectivity index (χ4v) is 3.18. The Balaban J connectivity index is 1.47. The Hall–Kier alpha value is -2.94. The molecule has 1 aromatic carbocycles. The molecule has 0 saturated carbocycles. The van der Waals surface area contributed by atoms with Gasteiger partial charge < -0.3 is 10.1 Å². The maximum absolute atomic E-state index is 12.7. The van der Waals surface area contributed by atoms with Gasteiger partial charge in [0.05, 0.1) is 23.1 Å². The maximum Gasteiger partial charge on any atom is 0.263 e. The Bertz CT molecular complexity index is 921. The molecule has 0 spiro atoms. The summed E-state index contributed by atoms with van der Waals surface area (Å²) in [6, 6.07) is 9.89. The van der Waals surface area contributed by atoms with Crippen molar-refractivity contribution >= 4 is 0 Å². The zero-order valence-corrected chi connectivity index (χ0v) is 15.3. The summed E-state index contributed by atoms with van der Waals surface area (Å²) in [6.07, 6.45) is -0.307. The van der Waals surface area contributed by atoms with Gasteiger partial charge in [-0.3, -0.25) is 0 Å². The van der Waals surface area contributed by atoms with E-state index in [4.69, 9.17) is 4.74 Å². The van der Waals surface area contributed by atoms with Crippen LogP contribution < -0.4 is 10.1 Å². The molecular formula is C19H20F2N6O. The Kier molecular flexibility index (Phi) is 5.25. The minimum absolute atomic E-state index is 0.0366. The number of hydrogen-bond donors (Lipinski definition) is 1. The number of benzene rings is 1. The van der Waals surface area contributed by atoms with E-state index in [1.165, 1.54) is 12.1 Å². The Morgan fingerprint density at radius 1 is 1.14 bits per heavy atom. The lowest BCUT2D eigenvalue weighted by Gasteiger charge is -2.11. The van der Waals surface area contributed by atoms with Crippen LogP contribution >= 0.6 is 0 Å². The van der Waals surface area contributed by atoms with E-state index in [9.17, 15) is 8.78 Å². The molecular weight excluding hydrogens is 366 g/mol. The van der Waals surface area contributed by atoms with Crippen LogP contribution in [0.2, 0.25) is 0 Å². The highest BCUT2D eigenvalue weighted by molar-refractivity contribution is 5.36. The summed E-state index contributed by atoms with van der Waals surface area (Å²) in [5.41, 5.74) is 2.92. The van der Waals surface area contributed by atoms with E-state index >= 15 is 0 Å². The van der Waals surface area contributed by atoms with E-state index in [1.54, 1.807) is 22.9 Å². The largest absolute Gasteiger partial charge is 0.470 e. The smallest absolute Gasteiger partial charge is 0.263 e. The van der Waals surface area contributed by atoms with Gasteiger partial charge in [0, 0.05) is 11.6 Å². The average Bonchev–Trinajstić information content (AvgIpc) is 3.37. The lowest BCUT2D eigenvalue weighted by Crippen LogP contribution is -2.15. The lowest BCUT2D eigenvalue weighted by atomic mass is 10.1. The minimum Gasteiger partial charge on any atom is -0.470 e. The molecule has 1 fully saturated rings. The summed E-state index contributed by atoms with van der Waals surface area (Å²) < 4.78 is 32.8. The zero-order chi connectivity index (χ0) is 19.5. The molecule has 0 radical (unpaired) electrons. The molecule has 0 aliphatic carbocycles. The third-order valence-corrected chi connectivity index (χ3v) is 4.78. The van der Waals surface area contributed by atoms with Crippen LogP contribution in [0.25, 0.3) is 5.69 Å². The summed E-state index contributed by atoms with van der Waals surface area (Å²) in [5.74, 6) is 0.405. The van der Waals surface area contributed by atoms with Crippen molar-refractivity contribution in [1.29, 1.82) is 0 Å². The molecule has 3 aromatic rings. The summed E-state index contributed by atoms with van der Waals surface area (Å²) >= 11 is 0. The number of halogens is 2. The molecule has 1 N–H and O–H groups in total. The molecule has 1 aliphatic rings. The van der Waals surface area contributed by atoms with Crippen LogP contribution in [0.5, 0.6) is 5.88 Å². The fourth-order valence-electron chi connectivity index (χ4n) is 3.18. The first-order valence-corrected chi connectivity index (χ1v) is 9.11. The van der Waals surface area contributed by atoms with Crippen LogP contribution in [0, 0.1) is 6.92 Å². The summed E-state index contributed by atoms with van der Waals surface area (Å²) in [6.45, 7) is 3.00. The first-order valence-electron chi connectivity index (χ1n) is 9.11. The third kappa shape index (κ3) is 3.84. The van der Waals surface area contributed by atoms with Crippen LogP contribution in [0.1, 0.15) is 48.0 Å². The zero-order valence-electron chi connectivity index (χ0n) is 15.3. The SMILES string of the molecule is Cc1nnn(-c2ccc(C(F)F)cc2)c1COc1ccc([C@@H]2CCCN2)nn1. The lowest BCUT2D eigenvalue weighted by molar-refractivity contribution is 0.151. The van der Waals surface area contributed by atoms with Gasteiger partial charge in [-0.05, 0) is 44.5 Å². The van der Waals surface area contributed by atoms with Crippen molar-refractivity contribution in [2.45, 2.75) is 38.8 Å². The molecule has 4 rings (SSSR count). The molecule has 1 atom stereocenters.